The molecule has 0 amide bonds. The van der Waals surface area contributed by atoms with Gasteiger partial charge in [-0.2, -0.15) is 11.8 Å². The minimum atomic E-state index is 0.441. The maximum absolute atomic E-state index is 5.66. The third-order valence-electron chi connectivity index (χ3n) is 3.50. The van der Waals surface area contributed by atoms with Gasteiger partial charge in [0, 0.05) is 17.8 Å². The van der Waals surface area contributed by atoms with Crippen molar-refractivity contribution in [2.45, 2.75) is 44.4 Å². The van der Waals surface area contributed by atoms with Crippen LogP contribution in [0.3, 0.4) is 0 Å². The Labute approximate surface area is 121 Å². The molecule has 0 bridgehead atoms. The molecular weight excluding hydrogens is 254 g/mol. The van der Waals surface area contributed by atoms with Crippen molar-refractivity contribution in [3.05, 3.63) is 29.8 Å². The molecule has 0 radical (unpaired) electrons. The van der Waals surface area contributed by atoms with Crippen LogP contribution in [0.5, 0.6) is 5.75 Å². The highest BCUT2D eigenvalue weighted by Gasteiger charge is 2.28. The van der Waals surface area contributed by atoms with E-state index in [4.69, 9.17) is 4.74 Å². The molecule has 1 atom stereocenters. The molecule has 0 aromatic heterocycles. The molecule has 1 unspecified atom stereocenters. The van der Waals surface area contributed by atoms with Crippen LogP contribution in [-0.4, -0.2) is 23.7 Å². The molecule has 0 aliphatic carbocycles. The normalized spacial score (nSPS) is 22.6. The molecule has 2 rings (SSSR count). The highest BCUT2D eigenvalue weighted by atomic mass is 32.2. The monoisotopic (exact) mass is 279 g/mol. The number of benzene rings is 1. The van der Waals surface area contributed by atoms with Gasteiger partial charge in [-0.05, 0) is 49.6 Å². The lowest BCUT2D eigenvalue weighted by Crippen LogP contribution is -2.32. The second-order valence-electron chi connectivity index (χ2n) is 5.50. The van der Waals surface area contributed by atoms with Crippen LogP contribution < -0.4 is 10.1 Å². The van der Waals surface area contributed by atoms with Crippen LogP contribution in [0.25, 0.3) is 0 Å². The number of thioether (sulfide) groups is 1. The van der Waals surface area contributed by atoms with Gasteiger partial charge in [-0.15, -0.1) is 0 Å². The zero-order valence-electron chi connectivity index (χ0n) is 12.1. The summed E-state index contributed by atoms with van der Waals surface area (Å²) in [6.45, 7) is 7.33. The van der Waals surface area contributed by atoms with Crippen molar-refractivity contribution in [3.8, 4) is 5.75 Å². The first-order valence-electron chi connectivity index (χ1n) is 7.28. The first kappa shape index (κ1) is 14.7. The Balaban J connectivity index is 1.78. The average molecular weight is 279 g/mol. The van der Waals surface area contributed by atoms with Gasteiger partial charge in [-0.1, -0.05) is 19.1 Å². The Hall–Kier alpha value is -0.670. The van der Waals surface area contributed by atoms with Crippen molar-refractivity contribution in [2.75, 3.05) is 18.9 Å². The van der Waals surface area contributed by atoms with Gasteiger partial charge in [0.25, 0.3) is 0 Å². The van der Waals surface area contributed by atoms with Crippen LogP contribution in [0.2, 0.25) is 0 Å². The van der Waals surface area contributed by atoms with Crippen molar-refractivity contribution < 1.29 is 4.74 Å². The van der Waals surface area contributed by atoms with Gasteiger partial charge in [-0.3, -0.25) is 0 Å². The smallest absolute Gasteiger partial charge is 0.119 e. The minimum Gasteiger partial charge on any atom is -0.494 e. The summed E-state index contributed by atoms with van der Waals surface area (Å²) in [4.78, 5) is 0. The molecule has 0 spiro atoms. The van der Waals surface area contributed by atoms with Gasteiger partial charge in [0.1, 0.15) is 5.75 Å². The van der Waals surface area contributed by atoms with Crippen LogP contribution in [0, 0.1) is 0 Å². The van der Waals surface area contributed by atoms with E-state index in [0.717, 1.165) is 31.9 Å². The zero-order chi connectivity index (χ0) is 13.6. The Morgan fingerprint density at radius 3 is 3.05 bits per heavy atom. The summed E-state index contributed by atoms with van der Waals surface area (Å²) in [5.74, 6) is 2.31. The first-order chi connectivity index (χ1) is 9.22. The summed E-state index contributed by atoms with van der Waals surface area (Å²) in [7, 11) is 0. The fourth-order valence-electron chi connectivity index (χ4n) is 2.41. The summed E-state index contributed by atoms with van der Waals surface area (Å²) in [5.41, 5.74) is 1.31. The van der Waals surface area contributed by atoms with Gasteiger partial charge >= 0.3 is 0 Å². The molecule has 19 heavy (non-hydrogen) atoms. The molecule has 1 aliphatic heterocycles. The van der Waals surface area contributed by atoms with Crippen molar-refractivity contribution >= 4 is 11.8 Å². The summed E-state index contributed by atoms with van der Waals surface area (Å²) >= 11 is 2.11. The van der Waals surface area contributed by atoms with Crippen molar-refractivity contribution in [1.82, 2.24) is 5.32 Å². The third-order valence-corrected chi connectivity index (χ3v) is 5.04. The van der Waals surface area contributed by atoms with Crippen LogP contribution in [-0.2, 0) is 6.54 Å². The largest absolute Gasteiger partial charge is 0.494 e. The van der Waals surface area contributed by atoms with Crippen LogP contribution >= 0.6 is 11.8 Å². The molecular formula is C16H25NOS. The van der Waals surface area contributed by atoms with E-state index in [1.807, 2.05) is 6.07 Å². The van der Waals surface area contributed by atoms with E-state index in [9.17, 15) is 0 Å². The highest BCUT2D eigenvalue weighted by Crippen LogP contribution is 2.36. The number of hydrogen-bond acceptors (Lipinski definition) is 3. The Bertz CT molecular complexity index is 388. The second kappa shape index (κ2) is 7.20. The lowest BCUT2D eigenvalue weighted by atomic mass is 10.1. The summed E-state index contributed by atoms with van der Waals surface area (Å²) < 4.78 is 6.10. The van der Waals surface area contributed by atoms with Crippen molar-refractivity contribution in [3.63, 3.8) is 0 Å². The lowest BCUT2D eigenvalue weighted by molar-refractivity contribution is 0.317. The standard InChI is InChI=1S/C16H25NOS/c1-3-9-18-15-7-4-6-14(11-15)12-17-13-16(2)8-5-10-19-16/h4,6-7,11,17H,3,5,8-10,12-13H2,1-2H3. The van der Waals surface area contributed by atoms with E-state index >= 15 is 0 Å². The van der Waals surface area contributed by atoms with Gasteiger partial charge in [0.15, 0.2) is 0 Å². The number of rotatable bonds is 7. The molecule has 0 saturated carbocycles. The predicted octanol–water partition coefficient (Wildman–Crippen LogP) is 3.85. The molecule has 1 fully saturated rings. The van der Waals surface area contributed by atoms with Gasteiger partial charge in [0.2, 0.25) is 0 Å². The van der Waals surface area contributed by atoms with Crippen LogP contribution in [0.15, 0.2) is 24.3 Å². The van der Waals surface area contributed by atoms with E-state index in [-0.39, 0.29) is 0 Å². The van der Waals surface area contributed by atoms with E-state index in [1.165, 1.54) is 24.2 Å². The summed E-state index contributed by atoms with van der Waals surface area (Å²) in [6.07, 6.45) is 3.76. The van der Waals surface area contributed by atoms with E-state index in [1.54, 1.807) is 0 Å². The Morgan fingerprint density at radius 2 is 2.32 bits per heavy atom. The van der Waals surface area contributed by atoms with Crippen molar-refractivity contribution in [1.29, 1.82) is 0 Å². The van der Waals surface area contributed by atoms with Crippen molar-refractivity contribution in [2.24, 2.45) is 0 Å². The molecule has 1 aliphatic rings. The molecule has 2 nitrogen and oxygen atoms in total. The molecule has 3 heteroatoms. The van der Waals surface area contributed by atoms with E-state index in [2.05, 4.69) is 49.1 Å². The highest BCUT2D eigenvalue weighted by molar-refractivity contribution is 8.00. The first-order valence-corrected chi connectivity index (χ1v) is 8.27. The third kappa shape index (κ3) is 4.73. The average Bonchev–Trinajstić information content (AvgIpc) is 2.84. The second-order valence-corrected chi connectivity index (χ2v) is 7.18. The Kier molecular flexibility index (Phi) is 5.59. The predicted molar refractivity (Wildman–Crippen MR) is 84.0 cm³/mol. The molecule has 1 N–H and O–H groups in total. The number of nitrogens with one attached hydrogen (secondary N) is 1. The fraction of sp³-hybridized carbons (Fsp3) is 0.625. The molecule has 1 aromatic rings. The summed E-state index contributed by atoms with van der Waals surface area (Å²) in [5, 5.41) is 3.59. The van der Waals surface area contributed by atoms with E-state index < -0.39 is 0 Å². The van der Waals surface area contributed by atoms with Gasteiger partial charge < -0.3 is 10.1 Å². The zero-order valence-corrected chi connectivity index (χ0v) is 12.9. The van der Waals surface area contributed by atoms with Crippen LogP contribution in [0.1, 0.15) is 38.7 Å². The topological polar surface area (TPSA) is 21.3 Å². The van der Waals surface area contributed by atoms with Gasteiger partial charge in [-0.25, -0.2) is 0 Å². The van der Waals surface area contributed by atoms with E-state index in [0.29, 0.717) is 4.75 Å². The number of ether oxygens (including phenoxy) is 1. The molecule has 106 valence electrons. The van der Waals surface area contributed by atoms with Crippen LogP contribution in [0.4, 0.5) is 0 Å². The summed E-state index contributed by atoms with van der Waals surface area (Å²) in [6, 6.07) is 8.42. The van der Waals surface area contributed by atoms with Gasteiger partial charge in [0.05, 0.1) is 6.61 Å². The maximum Gasteiger partial charge on any atom is 0.119 e. The quantitative estimate of drug-likeness (QED) is 0.819. The number of hydrogen-bond donors (Lipinski definition) is 1. The minimum absolute atomic E-state index is 0.441. The fourth-order valence-corrected chi connectivity index (χ4v) is 3.69. The molecule has 1 saturated heterocycles. The molecule has 1 aromatic carbocycles. The maximum atomic E-state index is 5.66. The Morgan fingerprint density at radius 1 is 1.42 bits per heavy atom. The SMILES string of the molecule is CCCOc1cccc(CNCC2(C)CCCS2)c1. The lowest BCUT2D eigenvalue weighted by Gasteiger charge is -2.23. The molecule has 1 heterocycles.